The molecule has 0 fully saturated rings. The monoisotopic (exact) mass is 464 g/mol. The van der Waals surface area contributed by atoms with Crippen molar-refractivity contribution in [3.8, 4) is 17.0 Å². The molecule has 2 aromatic carbocycles. The van der Waals surface area contributed by atoms with Gasteiger partial charge in [-0.1, -0.05) is 54.2 Å². The smallest absolute Gasteiger partial charge is 0.230 e. The van der Waals surface area contributed by atoms with E-state index in [0.29, 0.717) is 22.3 Å². The maximum Gasteiger partial charge on any atom is 0.230 e. The fraction of sp³-hybridized carbons (Fsp3) is 0.208. The van der Waals surface area contributed by atoms with Gasteiger partial charge in [0.15, 0.2) is 10.3 Å². The summed E-state index contributed by atoms with van der Waals surface area (Å²) in [6, 6.07) is 17.7. The van der Waals surface area contributed by atoms with Crippen molar-refractivity contribution < 1.29 is 9.53 Å². The summed E-state index contributed by atoms with van der Waals surface area (Å²) in [4.78, 5) is 23.4. The normalized spacial score (nSPS) is 10.8. The lowest BCUT2D eigenvalue weighted by molar-refractivity contribution is -0.115. The van der Waals surface area contributed by atoms with Gasteiger partial charge in [-0.25, -0.2) is 9.97 Å². The van der Waals surface area contributed by atoms with Crippen LogP contribution in [0.4, 0.5) is 10.8 Å². The Morgan fingerprint density at radius 2 is 1.91 bits per heavy atom. The van der Waals surface area contributed by atoms with E-state index in [-0.39, 0.29) is 5.91 Å². The third-order valence-electron chi connectivity index (χ3n) is 4.93. The van der Waals surface area contributed by atoms with Crippen molar-refractivity contribution in [2.24, 2.45) is 0 Å². The van der Waals surface area contributed by atoms with Gasteiger partial charge in [-0.2, -0.15) is 0 Å². The molecule has 32 heavy (non-hydrogen) atoms. The van der Waals surface area contributed by atoms with E-state index >= 15 is 0 Å². The highest BCUT2D eigenvalue weighted by atomic mass is 32.2. The number of benzene rings is 2. The summed E-state index contributed by atoms with van der Waals surface area (Å²) >= 11 is 3.09. The molecule has 8 heteroatoms. The molecule has 0 N–H and O–H groups in total. The first-order valence-corrected chi connectivity index (χ1v) is 12.1. The maximum atomic E-state index is 12.4. The lowest BCUT2D eigenvalue weighted by atomic mass is 10.2. The Morgan fingerprint density at radius 3 is 2.62 bits per heavy atom. The highest BCUT2D eigenvalue weighted by Gasteiger charge is 2.21. The van der Waals surface area contributed by atoms with E-state index in [1.807, 2.05) is 54.0 Å². The second-order valence-corrected chi connectivity index (χ2v) is 8.75. The molecule has 0 unspecified atom stereocenters. The third kappa shape index (κ3) is 4.56. The van der Waals surface area contributed by atoms with Gasteiger partial charge in [0.1, 0.15) is 5.75 Å². The second-order valence-electron chi connectivity index (χ2n) is 6.97. The Hall–Kier alpha value is -3.10. The zero-order chi connectivity index (χ0) is 22.5. The van der Waals surface area contributed by atoms with Gasteiger partial charge in [-0.15, -0.1) is 11.3 Å². The quantitative estimate of drug-likeness (QED) is 0.299. The molecule has 4 aromatic rings. The van der Waals surface area contributed by atoms with Crippen molar-refractivity contribution in [1.82, 2.24) is 14.5 Å². The van der Waals surface area contributed by atoms with E-state index in [9.17, 15) is 4.79 Å². The number of amides is 1. The van der Waals surface area contributed by atoms with Crippen LogP contribution in [-0.2, 0) is 17.1 Å². The molecule has 164 valence electrons. The van der Waals surface area contributed by atoms with Crippen LogP contribution in [0.15, 0.2) is 71.3 Å². The first kappa shape index (κ1) is 22.1. The Labute approximate surface area is 195 Å². The van der Waals surface area contributed by atoms with Crippen molar-refractivity contribution in [3.05, 3.63) is 71.9 Å². The minimum atomic E-state index is -0.114. The van der Waals surface area contributed by atoms with E-state index in [1.54, 1.807) is 23.8 Å². The van der Waals surface area contributed by atoms with Crippen molar-refractivity contribution >= 4 is 39.8 Å². The molecular formula is C24H24N4O2S2. The standard InChI is InChI=1S/C24H24N4O2S2/c1-4-27-21(18-10-6-5-7-11-18)14-25-23(27)31-15-19-16-32-24(26-19)28(17(2)29)20-12-8-9-13-22(20)30-3/h5-14,16H,4,15H2,1-3H3. The molecule has 0 spiro atoms. The van der Waals surface area contributed by atoms with Crippen LogP contribution >= 0.6 is 23.1 Å². The summed E-state index contributed by atoms with van der Waals surface area (Å²) in [7, 11) is 1.60. The number of methoxy groups -OCH3 is 1. The van der Waals surface area contributed by atoms with Gasteiger partial charge in [0.2, 0.25) is 5.91 Å². The zero-order valence-electron chi connectivity index (χ0n) is 18.2. The van der Waals surface area contributed by atoms with E-state index < -0.39 is 0 Å². The molecule has 0 bridgehead atoms. The number of nitrogens with zero attached hydrogens (tertiary/aromatic N) is 4. The number of thioether (sulfide) groups is 1. The third-order valence-corrected chi connectivity index (χ3v) is 6.82. The molecule has 6 nitrogen and oxygen atoms in total. The minimum Gasteiger partial charge on any atom is -0.495 e. The molecule has 0 aliphatic rings. The number of carbonyl (C=O) groups is 1. The summed E-state index contributed by atoms with van der Waals surface area (Å²) in [5.41, 5.74) is 3.85. The molecule has 2 aromatic heterocycles. The van der Waals surface area contributed by atoms with E-state index in [2.05, 4.69) is 28.6 Å². The lowest BCUT2D eigenvalue weighted by Gasteiger charge is -2.20. The maximum absolute atomic E-state index is 12.4. The minimum absolute atomic E-state index is 0.114. The van der Waals surface area contributed by atoms with Crippen LogP contribution in [0.1, 0.15) is 19.5 Å². The van der Waals surface area contributed by atoms with E-state index in [4.69, 9.17) is 9.72 Å². The van der Waals surface area contributed by atoms with Gasteiger partial charge in [0.25, 0.3) is 0 Å². The predicted molar refractivity (Wildman–Crippen MR) is 131 cm³/mol. The average molecular weight is 465 g/mol. The van der Waals surface area contributed by atoms with Gasteiger partial charge in [0.05, 0.1) is 30.4 Å². The number of thiazole rings is 1. The van der Waals surface area contributed by atoms with Crippen molar-refractivity contribution in [2.45, 2.75) is 31.3 Å². The number of imidazole rings is 1. The molecule has 1 amide bonds. The van der Waals surface area contributed by atoms with Crippen LogP contribution in [0, 0.1) is 0 Å². The molecule has 0 aliphatic carbocycles. The highest BCUT2D eigenvalue weighted by Crippen LogP contribution is 2.36. The number of carbonyl (C=O) groups excluding carboxylic acids is 1. The number of hydrogen-bond acceptors (Lipinski definition) is 6. The van der Waals surface area contributed by atoms with Crippen molar-refractivity contribution in [2.75, 3.05) is 12.0 Å². The first-order chi connectivity index (χ1) is 15.6. The van der Waals surface area contributed by atoms with Crippen LogP contribution in [0.25, 0.3) is 11.3 Å². The van der Waals surface area contributed by atoms with Crippen LogP contribution in [-0.4, -0.2) is 27.6 Å². The van der Waals surface area contributed by atoms with Gasteiger partial charge in [0, 0.05) is 24.6 Å². The Kier molecular flexibility index (Phi) is 6.92. The Morgan fingerprint density at radius 1 is 1.16 bits per heavy atom. The van der Waals surface area contributed by atoms with Crippen LogP contribution in [0.2, 0.25) is 0 Å². The second kappa shape index (κ2) is 10.0. The topological polar surface area (TPSA) is 60.2 Å². The fourth-order valence-corrected chi connectivity index (χ4v) is 5.37. The number of para-hydroxylation sites is 2. The number of ether oxygens (including phenoxy) is 1. The van der Waals surface area contributed by atoms with Crippen LogP contribution in [0.3, 0.4) is 0 Å². The summed E-state index contributed by atoms with van der Waals surface area (Å²) in [5.74, 6) is 1.18. The van der Waals surface area contributed by atoms with Crippen molar-refractivity contribution in [1.29, 1.82) is 0 Å². The van der Waals surface area contributed by atoms with Gasteiger partial charge < -0.3 is 9.30 Å². The number of rotatable bonds is 8. The number of aromatic nitrogens is 3. The molecule has 2 heterocycles. The average Bonchev–Trinajstić information content (AvgIpc) is 3.45. The molecule has 0 atom stereocenters. The Balaban J connectivity index is 1.54. The lowest BCUT2D eigenvalue weighted by Crippen LogP contribution is -2.23. The molecule has 0 aliphatic heterocycles. The van der Waals surface area contributed by atoms with Gasteiger partial charge in [-0.3, -0.25) is 9.69 Å². The molecule has 0 radical (unpaired) electrons. The summed E-state index contributed by atoms with van der Waals surface area (Å²) in [6.07, 6.45) is 1.92. The zero-order valence-corrected chi connectivity index (χ0v) is 19.8. The number of hydrogen-bond donors (Lipinski definition) is 0. The van der Waals surface area contributed by atoms with E-state index in [1.165, 1.54) is 18.3 Å². The van der Waals surface area contributed by atoms with Crippen LogP contribution in [0.5, 0.6) is 5.75 Å². The summed E-state index contributed by atoms with van der Waals surface area (Å²) in [5, 5.41) is 3.57. The molecular weight excluding hydrogens is 440 g/mol. The summed E-state index contributed by atoms with van der Waals surface area (Å²) in [6.45, 7) is 4.49. The summed E-state index contributed by atoms with van der Waals surface area (Å²) < 4.78 is 7.65. The predicted octanol–water partition coefficient (Wildman–Crippen LogP) is 6.01. The Bertz CT molecular complexity index is 1200. The van der Waals surface area contributed by atoms with Gasteiger partial charge in [-0.05, 0) is 24.6 Å². The SMILES string of the molecule is CCn1c(-c2ccccc2)cnc1SCc1csc(N(C(C)=O)c2ccccc2OC)n1. The highest BCUT2D eigenvalue weighted by molar-refractivity contribution is 7.98. The molecule has 0 saturated heterocycles. The first-order valence-electron chi connectivity index (χ1n) is 10.2. The number of anilines is 2. The molecule has 4 rings (SSSR count). The fourth-order valence-electron chi connectivity index (χ4n) is 3.44. The molecule has 0 saturated carbocycles. The van der Waals surface area contributed by atoms with Crippen molar-refractivity contribution in [3.63, 3.8) is 0 Å². The van der Waals surface area contributed by atoms with Gasteiger partial charge >= 0.3 is 0 Å². The van der Waals surface area contributed by atoms with E-state index in [0.717, 1.165) is 28.7 Å². The largest absolute Gasteiger partial charge is 0.495 e. The van der Waals surface area contributed by atoms with Crippen LogP contribution < -0.4 is 9.64 Å².